The van der Waals surface area contributed by atoms with Gasteiger partial charge in [0.15, 0.2) is 0 Å². The summed E-state index contributed by atoms with van der Waals surface area (Å²) in [5, 5.41) is 3.67. The molecule has 1 unspecified atom stereocenters. The molecule has 1 fully saturated rings. The highest BCUT2D eigenvalue weighted by molar-refractivity contribution is 6.30. The van der Waals surface area contributed by atoms with E-state index >= 15 is 0 Å². The van der Waals surface area contributed by atoms with E-state index in [0.717, 1.165) is 19.5 Å². The van der Waals surface area contributed by atoms with Crippen molar-refractivity contribution in [2.45, 2.75) is 6.42 Å². The van der Waals surface area contributed by atoms with Gasteiger partial charge in [-0.1, -0.05) is 29.8 Å². The van der Waals surface area contributed by atoms with Gasteiger partial charge < -0.3 is 10.2 Å². The van der Waals surface area contributed by atoms with Crippen LogP contribution in [0.1, 0.15) is 16.8 Å². The number of amides is 1. The summed E-state index contributed by atoms with van der Waals surface area (Å²) in [6.07, 6.45) is 1.11. The Balaban J connectivity index is 1.50. The molecule has 1 amide bonds. The van der Waals surface area contributed by atoms with Gasteiger partial charge in [0.25, 0.3) is 5.91 Å². The molecule has 0 aromatic heterocycles. The minimum absolute atomic E-state index is 0.0326. The van der Waals surface area contributed by atoms with Crippen molar-refractivity contribution in [3.05, 3.63) is 65.2 Å². The first-order valence-corrected chi connectivity index (χ1v) is 7.94. The predicted molar refractivity (Wildman–Crippen MR) is 90.5 cm³/mol. The van der Waals surface area contributed by atoms with Gasteiger partial charge in [-0.05, 0) is 48.7 Å². The third-order valence-electron chi connectivity index (χ3n) is 4.06. The van der Waals surface area contributed by atoms with Crippen LogP contribution in [0, 0.1) is 5.92 Å². The number of para-hydroxylation sites is 1. The van der Waals surface area contributed by atoms with Gasteiger partial charge in [-0.2, -0.15) is 0 Å². The third kappa shape index (κ3) is 3.60. The number of rotatable bonds is 4. The molecular formula is C18H19ClN2O. The zero-order valence-electron chi connectivity index (χ0n) is 12.3. The molecule has 3 nitrogen and oxygen atoms in total. The Kier molecular flexibility index (Phi) is 4.64. The standard InChI is InChI=1S/C18H19ClN2O/c19-16-8-6-15(7-9-16)18(22)20-12-14-10-11-21(13-14)17-4-2-1-3-5-17/h1-9,14H,10-13H2,(H,20,22). The van der Waals surface area contributed by atoms with E-state index in [-0.39, 0.29) is 5.91 Å². The molecule has 1 N–H and O–H groups in total. The molecule has 0 radical (unpaired) electrons. The van der Waals surface area contributed by atoms with Crippen molar-refractivity contribution in [3.8, 4) is 0 Å². The monoisotopic (exact) mass is 314 g/mol. The molecule has 1 heterocycles. The summed E-state index contributed by atoms with van der Waals surface area (Å²) in [6.45, 7) is 2.75. The molecule has 2 aromatic rings. The number of hydrogen-bond donors (Lipinski definition) is 1. The second kappa shape index (κ2) is 6.84. The second-order valence-electron chi connectivity index (χ2n) is 5.65. The van der Waals surface area contributed by atoms with Crippen LogP contribution in [0.15, 0.2) is 54.6 Å². The highest BCUT2D eigenvalue weighted by Gasteiger charge is 2.23. The predicted octanol–water partition coefficient (Wildman–Crippen LogP) is 3.60. The van der Waals surface area contributed by atoms with Crippen molar-refractivity contribution in [3.63, 3.8) is 0 Å². The van der Waals surface area contributed by atoms with Crippen molar-refractivity contribution in [2.24, 2.45) is 5.92 Å². The van der Waals surface area contributed by atoms with Gasteiger partial charge in [0.05, 0.1) is 0 Å². The van der Waals surface area contributed by atoms with Crippen LogP contribution in [0.4, 0.5) is 5.69 Å². The number of nitrogens with zero attached hydrogens (tertiary/aromatic N) is 1. The van der Waals surface area contributed by atoms with Crippen LogP contribution in [0.3, 0.4) is 0 Å². The van der Waals surface area contributed by atoms with Crippen molar-refractivity contribution >= 4 is 23.2 Å². The van der Waals surface area contributed by atoms with Crippen LogP contribution in [-0.4, -0.2) is 25.5 Å². The first-order valence-electron chi connectivity index (χ1n) is 7.56. The Morgan fingerprint density at radius 3 is 2.59 bits per heavy atom. The zero-order valence-corrected chi connectivity index (χ0v) is 13.1. The number of benzene rings is 2. The number of halogens is 1. The summed E-state index contributed by atoms with van der Waals surface area (Å²) in [5.74, 6) is 0.464. The molecule has 114 valence electrons. The van der Waals surface area contributed by atoms with Crippen LogP contribution in [0.2, 0.25) is 5.02 Å². The van der Waals surface area contributed by atoms with Crippen molar-refractivity contribution in [2.75, 3.05) is 24.5 Å². The van der Waals surface area contributed by atoms with Crippen molar-refractivity contribution in [1.82, 2.24) is 5.32 Å². The normalized spacial score (nSPS) is 17.5. The van der Waals surface area contributed by atoms with Crippen LogP contribution >= 0.6 is 11.6 Å². The number of carbonyl (C=O) groups excluding carboxylic acids is 1. The molecule has 22 heavy (non-hydrogen) atoms. The molecular weight excluding hydrogens is 296 g/mol. The molecule has 0 spiro atoms. The molecule has 0 saturated carbocycles. The smallest absolute Gasteiger partial charge is 0.251 e. The van der Waals surface area contributed by atoms with E-state index in [2.05, 4.69) is 34.5 Å². The average Bonchev–Trinajstić information content (AvgIpc) is 3.03. The maximum absolute atomic E-state index is 12.1. The maximum atomic E-state index is 12.1. The molecule has 1 saturated heterocycles. The Hall–Kier alpha value is -2.00. The summed E-state index contributed by atoms with van der Waals surface area (Å²) < 4.78 is 0. The first kappa shape index (κ1) is 14.9. The zero-order chi connectivity index (χ0) is 15.4. The molecule has 1 aliphatic rings. The van der Waals surface area contributed by atoms with E-state index in [4.69, 9.17) is 11.6 Å². The fraction of sp³-hybridized carbons (Fsp3) is 0.278. The Morgan fingerprint density at radius 2 is 1.86 bits per heavy atom. The lowest BCUT2D eigenvalue weighted by Gasteiger charge is -2.18. The van der Waals surface area contributed by atoms with Gasteiger partial charge in [-0.3, -0.25) is 4.79 Å². The lowest BCUT2D eigenvalue weighted by molar-refractivity contribution is 0.0948. The minimum Gasteiger partial charge on any atom is -0.371 e. The van der Waals surface area contributed by atoms with Crippen molar-refractivity contribution < 1.29 is 4.79 Å². The van der Waals surface area contributed by atoms with Crippen LogP contribution in [0.25, 0.3) is 0 Å². The first-order chi connectivity index (χ1) is 10.7. The van der Waals surface area contributed by atoms with Crippen LogP contribution < -0.4 is 10.2 Å². The minimum atomic E-state index is -0.0326. The van der Waals surface area contributed by atoms with E-state index in [9.17, 15) is 4.79 Å². The lowest BCUT2D eigenvalue weighted by atomic mass is 10.1. The molecule has 1 atom stereocenters. The summed E-state index contributed by atoms with van der Waals surface area (Å²) in [6, 6.07) is 17.4. The van der Waals surface area contributed by atoms with Crippen LogP contribution in [-0.2, 0) is 0 Å². The fourth-order valence-electron chi connectivity index (χ4n) is 2.81. The average molecular weight is 315 g/mol. The largest absolute Gasteiger partial charge is 0.371 e. The van der Waals surface area contributed by atoms with Gasteiger partial charge in [0.2, 0.25) is 0 Å². The van der Waals surface area contributed by atoms with Gasteiger partial charge in [0, 0.05) is 35.9 Å². The van der Waals surface area contributed by atoms with E-state index in [1.54, 1.807) is 24.3 Å². The Labute approximate surface area is 135 Å². The van der Waals surface area contributed by atoms with Gasteiger partial charge >= 0.3 is 0 Å². The summed E-state index contributed by atoms with van der Waals surface area (Å²) in [7, 11) is 0. The van der Waals surface area contributed by atoms with Crippen LogP contribution in [0.5, 0.6) is 0 Å². The molecule has 3 rings (SSSR count). The molecule has 2 aromatic carbocycles. The topological polar surface area (TPSA) is 32.3 Å². The van der Waals surface area contributed by atoms with Gasteiger partial charge in [-0.25, -0.2) is 0 Å². The number of carbonyl (C=O) groups is 1. The Bertz CT molecular complexity index is 627. The lowest BCUT2D eigenvalue weighted by Crippen LogP contribution is -2.31. The molecule has 4 heteroatoms. The molecule has 0 bridgehead atoms. The van der Waals surface area contributed by atoms with Gasteiger partial charge in [-0.15, -0.1) is 0 Å². The quantitative estimate of drug-likeness (QED) is 0.935. The summed E-state index contributed by atoms with van der Waals surface area (Å²) >= 11 is 5.83. The summed E-state index contributed by atoms with van der Waals surface area (Å²) in [4.78, 5) is 14.5. The summed E-state index contributed by atoms with van der Waals surface area (Å²) in [5.41, 5.74) is 1.91. The maximum Gasteiger partial charge on any atom is 0.251 e. The number of hydrogen-bond acceptors (Lipinski definition) is 2. The van der Waals surface area contributed by atoms with E-state index in [1.807, 2.05) is 6.07 Å². The SMILES string of the molecule is O=C(NCC1CCN(c2ccccc2)C1)c1ccc(Cl)cc1. The molecule has 1 aliphatic heterocycles. The van der Waals surface area contributed by atoms with E-state index < -0.39 is 0 Å². The van der Waals surface area contributed by atoms with Gasteiger partial charge in [0.1, 0.15) is 0 Å². The van der Waals surface area contributed by atoms with E-state index in [1.165, 1.54) is 5.69 Å². The fourth-order valence-corrected chi connectivity index (χ4v) is 2.94. The number of anilines is 1. The second-order valence-corrected chi connectivity index (χ2v) is 6.09. The van der Waals surface area contributed by atoms with E-state index in [0.29, 0.717) is 23.0 Å². The van der Waals surface area contributed by atoms with Crippen molar-refractivity contribution in [1.29, 1.82) is 0 Å². The number of nitrogens with one attached hydrogen (secondary N) is 1. The highest BCUT2D eigenvalue weighted by Crippen LogP contribution is 2.23. The Morgan fingerprint density at radius 1 is 1.14 bits per heavy atom. The molecule has 0 aliphatic carbocycles. The highest BCUT2D eigenvalue weighted by atomic mass is 35.5. The third-order valence-corrected chi connectivity index (χ3v) is 4.32.